The van der Waals surface area contributed by atoms with Gasteiger partial charge in [0.1, 0.15) is 4.32 Å². The zero-order chi connectivity index (χ0) is 24.8. The van der Waals surface area contributed by atoms with E-state index in [2.05, 4.69) is 5.32 Å². The number of halogens is 1. The van der Waals surface area contributed by atoms with Gasteiger partial charge >= 0.3 is 0 Å². The van der Waals surface area contributed by atoms with Crippen molar-refractivity contribution in [3.05, 3.63) is 58.0 Å². The number of rotatable bonds is 9. The highest BCUT2D eigenvalue weighted by atomic mass is 35.5. The molecule has 0 spiro atoms. The molecule has 0 aromatic heterocycles. The Morgan fingerprint density at radius 2 is 2.11 bits per heavy atom. The van der Waals surface area contributed by atoms with Crippen molar-refractivity contribution >= 4 is 63.5 Å². The van der Waals surface area contributed by atoms with Crippen LogP contribution in [-0.4, -0.2) is 53.5 Å². The van der Waals surface area contributed by atoms with Gasteiger partial charge in [-0.25, -0.2) is 0 Å². The van der Waals surface area contributed by atoms with Gasteiger partial charge in [-0.15, -0.1) is 0 Å². The molecule has 4 rings (SSSR count). The Bertz CT molecular complexity index is 1150. The van der Waals surface area contributed by atoms with Crippen molar-refractivity contribution in [1.82, 2.24) is 4.90 Å². The highest BCUT2D eigenvalue weighted by Gasteiger charge is 2.34. The number of hydrogen-bond acceptors (Lipinski definition) is 7. The first kappa shape index (κ1) is 25.5. The number of carbonyl (C=O) groups excluding carboxylic acids is 2. The van der Waals surface area contributed by atoms with Gasteiger partial charge in [-0.3, -0.25) is 14.5 Å². The van der Waals surface area contributed by atoms with Crippen molar-refractivity contribution in [3.63, 3.8) is 0 Å². The Morgan fingerprint density at radius 3 is 2.86 bits per heavy atom. The molecule has 35 heavy (non-hydrogen) atoms. The van der Waals surface area contributed by atoms with E-state index in [1.54, 1.807) is 53.4 Å². The van der Waals surface area contributed by atoms with Crippen LogP contribution in [0.15, 0.2) is 47.4 Å². The maximum absolute atomic E-state index is 12.9. The van der Waals surface area contributed by atoms with E-state index < -0.39 is 0 Å². The molecule has 0 radical (unpaired) electrons. The first-order valence-electron chi connectivity index (χ1n) is 11.3. The number of thiocarbonyl (C=S) groups is 1. The van der Waals surface area contributed by atoms with Gasteiger partial charge in [-0.1, -0.05) is 53.8 Å². The Hall–Kier alpha value is -2.59. The van der Waals surface area contributed by atoms with Crippen LogP contribution < -0.4 is 14.8 Å². The van der Waals surface area contributed by atoms with E-state index in [4.69, 9.17) is 38.0 Å². The van der Waals surface area contributed by atoms with E-state index in [1.807, 2.05) is 6.92 Å². The van der Waals surface area contributed by atoms with Crippen molar-refractivity contribution in [2.24, 2.45) is 0 Å². The van der Waals surface area contributed by atoms with Crippen LogP contribution in [0, 0.1) is 0 Å². The lowest BCUT2D eigenvalue weighted by Crippen LogP contribution is -2.35. The van der Waals surface area contributed by atoms with Crippen molar-refractivity contribution in [2.45, 2.75) is 25.9 Å². The Labute approximate surface area is 218 Å². The minimum absolute atomic E-state index is 0.0351. The molecule has 10 heteroatoms. The van der Waals surface area contributed by atoms with Crippen LogP contribution in [0.25, 0.3) is 6.08 Å². The van der Waals surface area contributed by atoms with E-state index in [-0.39, 0.29) is 24.5 Å². The number of thioether (sulfide) groups is 1. The average Bonchev–Trinajstić information content (AvgIpc) is 3.44. The number of carbonyl (C=O) groups is 2. The lowest BCUT2D eigenvalue weighted by molar-refractivity contribution is -0.123. The third-order valence-electron chi connectivity index (χ3n) is 5.36. The fraction of sp³-hybridized carbons (Fsp3) is 0.320. The summed E-state index contributed by atoms with van der Waals surface area (Å²) in [5.41, 5.74) is 1.28. The van der Waals surface area contributed by atoms with Gasteiger partial charge in [0.25, 0.3) is 11.8 Å². The number of anilines is 1. The number of benzene rings is 2. The first-order chi connectivity index (χ1) is 16.9. The lowest BCUT2D eigenvalue weighted by atomic mass is 10.1. The molecule has 0 unspecified atom stereocenters. The fourth-order valence-corrected chi connectivity index (χ4v) is 5.15. The summed E-state index contributed by atoms with van der Waals surface area (Å²) in [6, 6.07) is 12.3. The lowest BCUT2D eigenvalue weighted by Gasteiger charge is -2.18. The van der Waals surface area contributed by atoms with E-state index >= 15 is 0 Å². The highest BCUT2D eigenvalue weighted by Crippen LogP contribution is 2.35. The predicted octanol–water partition coefficient (Wildman–Crippen LogP) is 5.14. The maximum atomic E-state index is 12.9. The molecule has 2 saturated heterocycles. The minimum atomic E-state index is -0.348. The quantitative estimate of drug-likeness (QED) is 0.354. The SMILES string of the molecule is CCOc1cc(/C=C2\SC(=S)N(C[C@H]3CCCO3)C2=O)ccc1OCC(=O)Nc1ccccc1Cl. The zero-order valence-electron chi connectivity index (χ0n) is 19.1. The molecule has 184 valence electrons. The van der Waals surface area contributed by atoms with Crippen LogP contribution in [0.4, 0.5) is 5.69 Å². The molecular formula is C25H25ClN2O5S2. The van der Waals surface area contributed by atoms with E-state index in [9.17, 15) is 9.59 Å². The van der Waals surface area contributed by atoms with Crippen LogP contribution in [0.3, 0.4) is 0 Å². The zero-order valence-corrected chi connectivity index (χ0v) is 21.5. The van der Waals surface area contributed by atoms with E-state index in [1.165, 1.54) is 11.8 Å². The summed E-state index contributed by atoms with van der Waals surface area (Å²) in [6.07, 6.45) is 3.76. The second-order valence-corrected chi connectivity index (χ2v) is 9.97. The topological polar surface area (TPSA) is 77.1 Å². The molecule has 0 bridgehead atoms. The van der Waals surface area contributed by atoms with Gasteiger partial charge in [0.05, 0.1) is 34.9 Å². The Kier molecular flexibility index (Phi) is 8.67. The first-order valence-corrected chi connectivity index (χ1v) is 12.9. The summed E-state index contributed by atoms with van der Waals surface area (Å²) < 4.78 is 17.6. The van der Waals surface area contributed by atoms with Crippen LogP contribution >= 0.6 is 35.6 Å². The Balaban J connectivity index is 1.42. The van der Waals surface area contributed by atoms with Crippen molar-refractivity contribution in [3.8, 4) is 11.5 Å². The smallest absolute Gasteiger partial charge is 0.266 e. The number of ether oxygens (including phenoxy) is 3. The second-order valence-electron chi connectivity index (χ2n) is 7.88. The second kappa shape index (κ2) is 11.9. The van der Waals surface area contributed by atoms with Gasteiger partial charge in [0.2, 0.25) is 0 Å². The van der Waals surface area contributed by atoms with Crippen LogP contribution in [0.2, 0.25) is 5.02 Å². The molecule has 2 fully saturated rings. The summed E-state index contributed by atoms with van der Waals surface area (Å²) in [4.78, 5) is 27.4. The largest absolute Gasteiger partial charge is 0.490 e. The molecule has 2 heterocycles. The molecule has 2 amide bonds. The van der Waals surface area contributed by atoms with Gasteiger partial charge in [0.15, 0.2) is 18.1 Å². The maximum Gasteiger partial charge on any atom is 0.266 e. The molecule has 0 aliphatic carbocycles. The standard InChI is InChI=1S/C25H25ClN2O5S2/c1-2-31-21-12-16(13-22-24(30)28(25(34)35-22)14-17-6-5-11-32-17)9-10-20(21)33-15-23(29)27-19-8-4-3-7-18(19)26/h3-4,7-10,12-13,17H,2,5-6,11,14-15H2,1H3,(H,27,29)/b22-13-/t17-/m1/s1. The van der Waals surface area contributed by atoms with Crippen LogP contribution in [-0.2, 0) is 14.3 Å². The number of nitrogens with one attached hydrogen (secondary N) is 1. The van der Waals surface area contributed by atoms with Crippen molar-refractivity contribution < 1.29 is 23.8 Å². The molecule has 1 N–H and O–H groups in total. The molecule has 2 aromatic carbocycles. The van der Waals surface area contributed by atoms with Crippen molar-refractivity contribution in [2.75, 3.05) is 31.7 Å². The summed E-state index contributed by atoms with van der Waals surface area (Å²) in [6.45, 7) is 3.26. The monoisotopic (exact) mass is 532 g/mol. The number of hydrogen-bond donors (Lipinski definition) is 1. The summed E-state index contributed by atoms with van der Waals surface area (Å²) in [5, 5.41) is 3.16. The molecule has 2 aromatic rings. The van der Waals surface area contributed by atoms with Gasteiger partial charge < -0.3 is 19.5 Å². The van der Waals surface area contributed by atoms with Gasteiger partial charge in [-0.05, 0) is 55.7 Å². The van der Waals surface area contributed by atoms with Crippen LogP contribution in [0.1, 0.15) is 25.3 Å². The Morgan fingerprint density at radius 1 is 1.29 bits per heavy atom. The molecule has 2 aliphatic heterocycles. The van der Waals surface area contributed by atoms with E-state index in [0.717, 1.165) is 25.0 Å². The summed E-state index contributed by atoms with van der Waals surface area (Å²) in [7, 11) is 0. The normalized spacial score (nSPS) is 18.9. The van der Waals surface area contributed by atoms with Gasteiger partial charge in [0, 0.05) is 6.61 Å². The van der Waals surface area contributed by atoms with Crippen LogP contribution in [0.5, 0.6) is 11.5 Å². The highest BCUT2D eigenvalue weighted by molar-refractivity contribution is 8.26. The molecule has 2 aliphatic rings. The average molecular weight is 533 g/mol. The third-order valence-corrected chi connectivity index (χ3v) is 7.06. The molecular weight excluding hydrogens is 508 g/mol. The minimum Gasteiger partial charge on any atom is -0.490 e. The number of para-hydroxylation sites is 1. The predicted molar refractivity (Wildman–Crippen MR) is 142 cm³/mol. The third kappa shape index (κ3) is 6.55. The summed E-state index contributed by atoms with van der Waals surface area (Å²) >= 11 is 12.8. The van der Waals surface area contributed by atoms with E-state index in [0.29, 0.717) is 44.6 Å². The summed E-state index contributed by atoms with van der Waals surface area (Å²) in [5.74, 6) is 0.426. The van der Waals surface area contributed by atoms with Crippen molar-refractivity contribution in [1.29, 1.82) is 0 Å². The molecule has 0 saturated carbocycles. The number of amides is 2. The molecule has 1 atom stereocenters. The van der Waals surface area contributed by atoms with Gasteiger partial charge in [-0.2, -0.15) is 0 Å². The molecule has 7 nitrogen and oxygen atoms in total. The fourth-order valence-electron chi connectivity index (χ4n) is 3.69. The number of nitrogens with zero attached hydrogens (tertiary/aromatic N) is 1.